The van der Waals surface area contributed by atoms with E-state index in [9.17, 15) is 4.79 Å². The van der Waals surface area contributed by atoms with E-state index in [0.29, 0.717) is 12.2 Å². The van der Waals surface area contributed by atoms with Crippen molar-refractivity contribution in [2.24, 2.45) is 0 Å². The molecule has 18 heavy (non-hydrogen) atoms. The Bertz CT molecular complexity index is 569. The summed E-state index contributed by atoms with van der Waals surface area (Å²) in [7, 11) is 0. The number of hydrogen-bond donors (Lipinski definition) is 0. The molecule has 1 heterocycles. The molecule has 0 aliphatic heterocycles. The van der Waals surface area contributed by atoms with Crippen LogP contribution in [-0.4, -0.2) is 17.6 Å². The number of carbonyl (C=O) groups is 1. The van der Waals surface area contributed by atoms with E-state index in [0.717, 1.165) is 15.6 Å². The average molecular weight is 306 g/mol. The molecule has 0 saturated heterocycles. The summed E-state index contributed by atoms with van der Waals surface area (Å²) >= 11 is 3.45. The number of pyridine rings is 1. The van der Waals surface area contributed by atoms with Gasteiger partial charge in [0.25, 0.3) is 0 Å². The Labute approximate surface area is 114 Å². The molecule has 4 heteroatoms. The lowest BCUT2D eigenvalue weighted by Crippen LogP contribution is -2.04. The third kappa shape index (κ3) is 2.76. The highest BCUT2D eigenvalue weighted by Crippen LogP contribution is 2.27. The van der Waals surface area contributed by atoms with Gasteiger partial charge in [0.15, 0.2) is 0 Å². The number of carbonyl (C=O) groups excluding carboxylic acids is 1. The van der Waals surface area contributed by atoms with Crippen LogP contribution in [0.25, 0.3) is 11.1 Å². The minimum absolute atomic E-state index is 0.301. The van der Waals surface area contributed by atoms with E-state index in [4.69, 9.17) is 4.74 Å². The van der Waals surface area contributed by atoms with Crippen LogP contribution in [0, 0.1) is 0 Å². The van der Waals surface area contributed by atoms with E-state index in [2.05, 4.69) is 20.9 Å². The molecule has 0 amide bonds. The zero-order valence-corrected chi connectivity index (χ0v) is 11.5. The molecule has 0 radical (unpaired) electrons. The minimum Gasteiger partial charge on any atom is -0.462 e. The van der Waals surface area contributed by atoms with Gasteiger partial charge < -0.3 is 4.74 Å². The minimum atomic E-state index is -0.301. The molecule has 0 atom stereocenters. The number of aromatic nitrogens is 1. The summed E-state index contributed by atoms with van der Waals surface area (Å²) in [5.74, 6) is -0.301. The van der Waals surface area contributed by atoms with E-state index in [1.807, 2.05) is 24.3 Å². The third-order valence-electron chi connectivity index (χ3n) is 2.46. The molecule has 2 rings (SSSR count). The number of nitrogens with zero attached hydrogens (tertiary/aromatic N) is 1. The molecule has 2 aromatic rings. The van der Waals surface area contributed by atoms with E-state index >= 15 is 0 Å². The first-order valence-electron chi connectivity index (χ1n) is 5.59. The van der Waals surface area contributed by atoms with Crippen LogP contribution in [0.1, 0.15) is 17.3 Å². The Hall–Kier alpha value is -1.68. The highest BCUT2D eigenvalue weighted by molar-refractivity contribution is 9.10. The molecule has 92 valence electrons. The van der Waals surface area contributed by atoms with E-state index in [1.54, 1.807) is 25.4 Å². The van der Waals surface area contributed by atoms with Gasteiger partial charge in [-0.25, -0.2) is 4.79 Å². The number of ether oxygens (including phenoxy) is 1. The summed E-state index contributed by atoms with van der Waals surface area (Å²) in [5, 5.41) is 0. The molecule has 0 unspecified atom stereocenters. The molecule has 0 fully saturated rings. The van der Waals surface area contributed by atoms with Crippen LogP contribution in [-0.2, 0) is 4.74 Å². The van der Waals surface area contributed by atoms with Crippen LogP contribution in [0.2, 0.25) is 0 Å². The van der Waals surface area contributed by atoms with Crippen molar-refractivity contribution < 1.29 is 9.53 Å². The van der Waals surface area contributed by atoms with Crippen LogP contribution in [0.3, 0.4) is 0 Å². The Kier molecular flexibility index (Phi) is 4.10. The normalized spacial score (nSPS) is 10.1. The molecule has 1 aromatic carbocycles. The van der Waals surface area contributed by atoms with E-state index in [-0.39, 0.29) is 5.97 Å². The van der Waals surface area contributed by atoms with Gasteiger partial charge in [0.1, 0.15) is 0 Å². The number of esters is 1. The summed E-state index contributed by atoms with van der Waals surface area (Å²) in [6.45, 7) is 2.17. The van der Waals surface area contributed by atoms with Gasteiger partial charge >= 0.3 is 5.97 Å². The second-order valence-electron chi connectivity index (χ2n) is 3.66. The van der Waals surface area contributed by atoms with Gasteiger partial charge in [-0.05, 0) is 52.2 Å². The molecule has 3 nitrogen and oxygen atoms in total. The number of halogens is 1. The Balaban J connectivity index is 2.39. The first-order valence-corrected chi connectivity index (χ1v) is 6.38. The Morgan fingerprint density at radius 2 is 2.22 bits per heavy atom. The van der Waals surface area contributed by atoms with Gasteiger partial charge in [-0.1, -0.05) is 12.1 Å². The SMILES string of the molecule is CCOC(=O)c1cccc(-c2ccncc2Br)c1. The number of hydrogen-bond acceptors (Lipinski definition) is 3. The molecule has 0 spiro atoms. The summed E-state index contributed by atoms with van der Waals surface area (Å²) in [6, 6.07) is 9.25. The van der Waals surface area contributed by atoms with Crippen LogP contribution >= 0.6 is 15.9 Å². The first kappa shape index (κ1) is 12.8. The van der Waals surface area contributed by atoms with Crippen molar-refractivity contribution in [3.63, 3.8) is 0 Å². The molecule has 0 saturated carbocycles. The second-order valence-corrected chi connectivity index (χ2v) is 4.51. The highest BCUT2D eigenvalue weighted by Gasteiger charge is 2.09. The smallest absolute Gasteiger partial charge is 0.338 e. The number of rotatable bonds is 3. The second kappa shape index (κ2) is 5.78. The largest absolute Gasteiger partial charge is 0.462 e. The van der Waals surface area contributed by atoms with Crippen molar-refractivity contribution in [2.75, 3.05) is 6.61 Å². The quantitative estimate of drug-likeness (QED) is 0.812. The summed E-state index contributed by atoms with van der Waals surface area (Å²) < 4.78 is 5.88. The standard InChI is InChI=1S/C14H12BrNO2/c1-2-18-14(17)11-5-3-4-10(8-11)12-6-7-16-9-13(12)15/h3-9H,2H2,1H3. The molecule has 0 aliphatic carbocycles. The lowest BCUT2D eigenvalue weighted by Gasteiger charge is -2.06. The van der Waals surface area contributed by atoms with Gasteiger partial charge in [-0.3, -0.25) is 4.98 Å². The van der Waals surface area contributed by atoms with Crippen LogP contribution in [0.15, 0.2) is 47.2 Å². The Morgan fingerprint density at radius 3 is 2.94 bits per heavy atom. The zero-order chi connectivity index (χ0) is 13.0. The maximum atomic E-state index is 11.7. The number of benzene rings is 1. The summed E-state index contributed by atoms with van der Waals surface area (Å²) in [5.41, 5.74) is 2.50. The molecule has 0 N–H and O–H groups in total. The monoisotopic (exact) mass is 305 g/mol. The van der Waals surface area contributed by atoms with Gasteiger partial charge in [0.05, 0.1) is 12.2 Å². The van der Waals surface area contributed by atoms with Crippen molar-refractivity contribution in [3.05, 3.63) is 52.8 Å². The lowest BCUT2D eigenvalue weighted by atomic mass is 10.0. The van der Waals surface area contributed by atoms with Crippen molar-refractivity contribution >= 4 is 21.9 Å². The van der Waals surface area contributed by atoms with E-state index < -0.39 is 0 Å². The van der Waals surface area contributed by atoms with Crippen molar-refractivity contribution in [1.82, 2.24) is 4.98 Å². The Morgan fingerprint density at radius 1 is 1.39 bits per heavy atom. The molecule has 0 bridgehead atoms. The van der Waals surface area contributed by atoms with Gasteiger partial charge in [0.2, 0.25) is 0 Å². The van der Waals surface area contributed by atoms with Gasteiger partial charge in [-0.15, -0.1) is 0 Å². The highest BCUT2D eigenvalue weighted by atomic mass is 79.9. The van der Waals surface area contributed by atoms with Gasteiger partial charge in [0, 0.05) is 16.9 Å². The molecule has 1 aromatic heterocycles. The predicted octanol–water partition coefficient (Wildman–Crippen LogP) is 3.69. The fourth-order valence-corrected chi connectivity index (χ4v) is 2.12. The lowest BCUT2D eigenvalue weighted by molar-refractivity contribution is 0.0526. The summed E-state index contributed by atoms with van der Waals surface area (Å²) in [4.78, 5) is 15.7. The molecular weight excluding hydrogens is 294 g/mol. The van der Waals surface area contributed by atoms with Crippen molar-refractivity contribution in [1.29, 1.82) is 0 Å². The van der Waals surface area contributed by atoms with Crippen molar-refractivity contribution in [3.8, 4) is 11.1 Å². The fraction of sp³-hybridized carbons (Fsp3) is 0.143. The first-order chi connectivity index (χ1) is 8.72. The average Bonchev–Trinajstić information content (AvgIpc) is 2.40. The van der Waals surface area contributed by atoms with Crippen molar-refractivity contribution in [2.45, 2.75) is 6.92 Å². The van der Waals surface area contributed by atoms with Crippen LogP contribution in [0.4, 0.5) is 0 Å². The fourth-order valence-electron chi connectivity index (χ4n) is 1.64. The predicted molar refractivity (Wildman–Crippen MR) is 73.3 cm³/mol. The maximum Gasteiger partial charge on any atom is 0.338 e. The third-order valence-corrected chi connectivity index (χ3v) is 3.09. The molecule has 0 aliphatic rings. The topological polar surface area (TPSA) is 39.2 Å². The maximum absolute atomic E-state index is 11.7. The van der Waals surface area contributed by atoms with E-state index in [1.165, 1.54) is 0 Å². The zero-order valence-electron chi connectivity index (χ0n) is 9.89. The van der Waals surface area contributed by atoms with Crippen LogP contribution < -0.4 is 0 Å². The van der Waals surface area contributed by atoms with Crippen LogP contribution in [0.5, 0.6) is 0 Å². The molecular formula is C14H12BrNO2. The van der Waals surface area contributed by atoms with Gasteiger partial charge in [-0.2, -0.15) is 0 Å². The summed E-state index contributed by atoms with van der Waals surface area (Å²) in [6.07, 6.45) is 3.45.